The molecule has 98 valence electrons. The summed E-state index contributed by atoms with van der Waals surface area (Å²) in [4.78, 5) is 11.0. The zero-order valence-electron chi connectivity index (χ0n) is 11.3. The summed E-state index contributed by atoms with van der Waals surface area (Å²) in [5.74, 6) is 1.00. The van der Waals surface area contributed by atoms with Crippen molar-refractivity contribution in [1.29, 1.82) is 0 Å². The normalized spacial score (nSPS) is 14.0. The summed E-state index contributed by atoms with van der Waals surface area (Å²) < 4.78 is 0. The number of rotatable bonds is 2. The van der Waals surface area contributed by atoms with Gasteiger partial charge < -0.3 is 10.2 Å². The molecule has 4 heteroatoms. The maximum absolute atomic E-state index is 4.47. The first kappa shape index (κ1) is 12.1. The van der Waals surface area contributed by atoms with E-state index in [1.807, 2.05) is 0 Å². The minimum Gasteiger partial charge on any atom is -0.329 e. The van der Waals surface area contributed by atoms with Crippen LogP contribution in [-0.4, -0.2) is 23.6 Å². The molecule has 0 fully saturated rings. The number of hydrogen-bond donors (Lipinski definition) is 1. The molecule has 2 heterocycles. The summed E-state index contributed by atoms with van der Waals surface area (Å²) >= 11 is 0. The zero-order valence-corrected chi connectivity index (χ0v) is 11.3. The SMILES string of the molecule is Cc1cccc(N(C)c2ncnc3c2CNCC3)c1. The number of aromatic nitrogens is 2. The van der Waals surface area contributed by atoms with Crippen molar-refractivity contribution in [2.75, 3.05) is 18.5 Å². The average Bonchev–Trinajstić information content (AvgIpc) is 2.46. The second-order valence-corrected chi connectivity index (χ2v) is 4.95. The minimum atomic E-state index is 0.849. The Morgan fingerprint density at radius 2 is 2.16 bits per heavy atom. The van der Waals surface area contributed by atoms with E-state index in [0.29, 0.717) is 0 Å². The van der Waals surface area contributed by atoms with E-state index in [1.54, 1.807) is 6.33 Å². The highest BCUT2D eigenvalue weighted by atomic mass is 15.2. The lowest BCUT2D eigenvalue weighted by Gasteiger charge is -2.25. The first-order valence-electron chi connectivity index (χ1n) is 6.59. The molecule has 0 radical (unpaired) electrons. The molecule has 0 saturated carbocycles. The number of hydrogen-bond acceptors (Lipinski definition) is 4. The van der Waals surface area contributed by atoms with Crippen molar-refractivity contribution in [3.63, 3.8) is 0 Å². The Bertz CT molecular complexity index is 594. The summed E-state index contributed by atoms with van der Waals surface area (Å²) in [7, 11) is 2.06. The molecule has 0 unspecified atom stereocenters. The fourth-order valence-electron chi connectivity index (χ4n) is 2.50. The fraction of sp³-hybridized carbons (Fsp3) is 0.333. The van der Waals surface area contributed by atoms with Gasteiger partial charge >= 0.3 is 0 Å². The summed E-state index contributed by atoms with van der Waals surface area (Å²) in [6.07, 6.45) is 2.65. The second kappa shape index (κ2) is 4.97. The highest BCUT2D eigenvalue weighted by Gasteiger charge is 2.18. The monoisotopic (exact) mass is 254 g/mol. The maximum Gasteiger partial charge on any atom is 0.140 e. The standard InChI is InChI=1S/C15H18N4/c1-11-4-3-5-12(8-11)19(2)15-13-9-16-7-6-14(13)17-10-18-15/h3-5,8,10,16H,6-7,9H2,1-2H3. The summed E-state index contributed by atoms with van der Waals surface area (Å²) in [5.41, 5.74) is 4.80. The second-order valence-electron chi connectivity index (χ2n) is 4.95. The number of anilines is 2. The van der Waals surface area contributed by atoms with Gasteiger partial charge in [0, 0.05) is 37.8 Å². The lowest BCUT2D eigenvalue weighted by atomic mass is 10.1. The number of nitrogens with one attached hydrogen (secondary N) is 1. The summed E-state index contributed by atoms with van der Waals surface area (Å²) in [5, 5.41) is 3.39. The smallest absolute Gasteiger partial charge is 0.140 e. The van der Waals surface area contributed by atoms with Crippen LogP contribution in [0.2, 0.25) is 0 Å². The van der Waals surface area contributed by atoms with E-state index < -0.39 is 0 Å². The van der Waals surface area contributed by atoms with Crippen LogP contribution in [-0.2, 0) is 13.0 Å². The quantitative estimate of drug-likeness (QED) is 0.892. The van der Waals surface area contributed by atoms with Gasteiger partial charge in [0.25, 0.3) is 0 Å². The largest absolute Gasteiger partial charge is 0.329 e. The first-order chi connectivity index (χ1) is 9.25. The van der Waals surface area contributed by atoms with Gasteiger partial charge in [0.1, 0.15) is 12.1 Å². The van der Waals surface area contributed by atoms with Gasteiger partial charge in [0.15, 0.2) is 0 Å². The van der Waals surface area contributed by atoms with E-state index in [9.17, 15) is 0 Å². The number of benzene rings is 1. The Kier molecular flexibility index (Phi) is 3.17. The van der Waals surface area contributed by atoms with Gasteiger partial charge in [0.05, 0.1) is 5.69 Å². The molecule has 4 nitrogen and oxygen atoms in total. The van der Waals surface area contributed by atoms with Crippen LogP contribution in [0.1, 0.15) is 16.8 Å². The van der Waals surface area contributed by atoms with Crippen molar-refractivity contribution in [3.8, 4) is 0 Å². The zero-order chi connectivity index (χ0) is 13.2. The molecule has 0 bridgehead atoms. The van der Waals surface area contributed by atoms with Gasteiger partial charge in [0.2, 0.25) is 0 Å². The van der Waals surface area contributed by atoms with E-state index in [1.165, 1.54) is 16.8 Å². The van der Waals surface area contributed by atoms with Crippen LogP contribution in [0.15, 0.2) is 30.6 Å². The fourth-order valence-corrected chi connectivity index (χ4v) is 2.50. The van der Waals surface area contributed by atoms with Crippen LogP contribution in [0, 0.1) is 6.92 Å². The third kappa shape index (κ3) is 2.31. The number of fused-ring (bicyclic) bond motifs is 1. The summed E-state index contributed by atoms with van der Waals surface area (Å²) in [6.45, 7) is 3.95. The molecule has 0 aliphatic carbocycles. The predicted octanol–water partition coefficient (Wildman–Crippen LogP) is 2.20. The maximum atomic E-state index is 4.47. The van der Waals surface area contributed by atoms with Crippen LogP contribution in [0.3, 0.4) is 0 Å². The van der Waals surface area contributed by atoms with Crippen LogP contribution < -0.4 is 10.2 Å². The predicted molar refractivity (Wildman–Crippen MR) is 76.7 cm³/mol. The molecule has 0 atom stereocenters. The lowest BCUT2D eigenvalue weighted by Crippen LogP contribution is -2.27. The van der Waals surface area contributed by atoms with E-state index in [-0.39, 0.29) is 0 Å². The van der Waals surface area contributed by atoms with Crippen molar-refractivity contribution in [2.24, 2.45) is 0 Å². The minimum absolute atomic E-state index is 0.849. The molecule has 1 aromatic carbocycles. The number of nitrogens with zero attached hydrogens (tertiary/aromatic N) is 3. The average molecular weight is 254 g/mol. The molecule has 0 amide bonds. The van der Waals surface area contributed by atoms with Crippen LogP contribution in [0.4, 0.5) is 11.5 Å². The highest BCUT2D eigenvalue weighted by Crippen LogP contribution is 2.27. The Morgan fingerprint density at radius 3 is 3.00 bits per heavy atom. The number of aryl methyl sites for hydroxylation is 1. The van der Waals surface area contributed by atoms with Gasteiger partial charge in [-0.2, -0.15) is 0 Å². The van der Waals surface area contributed by atoms with Crippen LogP contribution >= 0.6 is 0 Å². The van der Waals surface area contributed by atoms with Gasteiger partial charge in [-0.1, -0.05) is 12.1 Å². The Hall–Kier alpha value is -1.94. The summed E-state index contributed by atoms with van der Waals surface area (Å²) in [6, 6.07) is 8.46. The molecule has 1 aliphatic heterocycles. The topological polar surface area (TPSA) is 41.1 Å². The third-order valence-corrected chi connectivity index (χ3v) is 3.56. The Balaban J connectivity index is 2.02. The van der Waals surface area contributed by atoms with Crippen molar-refractivity contribution >= 4 is 11.5 Å². The molecule has 2 aromatic rings. The van der Waals surface area contributed by atoms with Gasteiger partial charge in [-0.15, -0.1) is 0 Å². The molecule has 0 spiro atoms. The molecule has 1 N–H and O–H groups in total. The van der Waals surface area contributed by atoms with Crippen LogP contribution in [0.5, 0.6) is 0 Å². The first-order valence-corrected chi connectivity index (χ1v) is 6.59. The molecule has 1 aliphatic rings. The van der Waals surface area contributed by atoms with Crippen molar-refractivity contribution < 1.29 is 0 Å². The molecular weight excluding hydrogens is 236 g/mol. The molecule has 3 rings (SSSR count). The Labute approximate surface area is 113 Å². The Morgan fingerprint density at radius 1 is 1.26 bits per heavy atom. The molecule has 1 aromatic heterocycles. The van der Waals surface area contributed by atoms with E-state index in [0.717, 1.165) is 31.0 Å². The van der Waals surface area contributed by atoms with Crippen molar-refractivity contribution in [1.82, 2.24) is 15.3 Å². The van der Waals surface area contributed by atoms with Gasteiger partial charge in [-0.3, -0.25) is 0 Å². The van der Waals surface area contributed by atoms with Gasteiger partial charge in [-0.25, -0.2) is 9.97 Å². The third-order valence-electron chi connectivity index (χ3n) is 3.56. The van der Waals surface area contributed by atoms with E-state index >= 15 is 0 Å². The van der Waals surface area contributed by atoms with Crippen molar-refractivity contribution in [3.05, 3.63) is 47.4 Å². The van der Waals surface area contributed by atoms with Gasteiger partial charge in [-0.05, 0) is 24.6 Å². The molecule has 0 saturated heterocycles. The van der Waals surface area contributed by atoms with E-state index in [4.69, 9.17) is 0 Å². The van der Waals surface area contributed by atoms with Crippen molar-refractivity contribution in [2.45, 2.75) is 19.9 Å². The lowest BCUT2D eigenvalue weighted by molar-refractivity contribution is 0.625. The van der Waals surface area contributed by atoms with E-state index in [2.05, 4.69) is 58.4 Å². The molecular formula is C15H18N4. The van der Waals surface area contributed by atoms with Crippen LogP contribution in [0.25, 0.3) is 0 Å². The highest BCUT2D eigenvalue weighted by molar-refractivity contribution is 5.63. The molecule has 19 heavy (non-hydrogen) atoms.